The molecule has 24 heavy (non-hydrogen) atoms. The second-order valence-electron chi connectivity index (χ2n) is 6.50. The lowest BCUT2D eigenvalue weighted by Crippen LogP contribution is -2.54. The van der Waals surface area contributed by atoms with Gasteiger partial charge in [0.15, 0.2) is 0 Å². The summed E-state index contributed by atoms with van der Waals surface area (Å²) in [5.41, 5.74) is 6.08. The van der Waals surface area contributed by atoms with Crippen molar-refractivity contribution in [3.8, 4) is 0 Å². The predicted octanol–water partition coefficient (Wildman–Crippen LogP) is 1.07. The second-order valence-corrected chi connectivity index (χ2v) is 6.50. The lowest BCUT2D eigenvalue weighted by atomic mass is 10.1. The zero-order valence-corrected chi connectivity index (χ0v) is 14.4. The van der Waals surface area contributed by atoms with Crippen LogP contribution in [-0.2, 0) is 0 Å². The van der Waals surface area contributed by atoms with Gasteiger partial charge in [-0.25, -0.2) is 0 Å². The lowest BCUT2D eigenvalue weighted by Gasteiger charge is -2.42. The fourth-order valence-corrected chi connectivity index (χ4v) is 3.69. The van der Waals surface area contributed by atoms with E-state index in [1.54, 1.807) is 0 Å². The summed E-state index contributed by atoms with van der Waals surface area (Å²) in [7, 11) is 2.09. The van der Waals surface area contributed by atoms with Gasteiger partial charge in [0.2, 0.25) is 0 Å². The molecule has 0 bridgehead atoms. The van der Waals surface area contributed by atoms with E-state index >= 15 is 0 Å². The molecule has 1 fully saturated rings. The third-order valence-corrected chi connectivity index (χ3v) is 4.97. The average Bonchev–Trinajstić information content (AvgIpc) is 2.62. The van der Waals surface area contributed by atoms with Gasteiger partial charge in [0.1, 0.15) is 5.82 Å². The molecule has 4 rings (SSSR count). The summed E-state index contributed by atoms with van der Waals surface area (Å²) >= 11 is 0. The molecule has 0 spiro atoms. The largest absolute Gasteiger partial charge is 0.368 e. The van der Waals surface area contributed by atoms with Gasteiger partial charge in [-0.1, -0.05) is 42.5 Å². The van der Waals surface area contributed by atoms with E-state index in [2.05, 4.69) is 88.9 Å². The Kier molecular flexibility index (Phi) is 3.81. The van der Waals surface area contributed by atoms with E-state index in [9.17, 15) is 0 Å². The van der Waals surface area contributed by atoms with Crippen molar-refractivity contribution in [2.24, 2.45) is 0 Å². The number of para-hydroxylation sites is 1. The molecule has 2 aliphatic heterocycles. The Morgan fingerprint density at radius 1 is 0.833 bits per heavy atom. The van der Waals surface area contributed by atoms with Crippen LogP contribution in [0.2, 0.25) is 0 Å². The van der Waals surface area contributed by atoms with Gasteiger partial charge >= 0.3 is 0 Å². The quantitative estimate of drug-likeness (QED) is 0.893. The third kappa shape index (κ3) is 2.58. The Morgan fingerprint density at radius 3 is 2.29 bits per heavy atom. The summed E-state index contributed by atoms with van der Waals surface area (Å²) in [6, 6.07) is 17.3. The van der Waals surface area contributed by atoms with Crippen molar-refractivity contribution in [2.45, 2.75) is 6.92 Å². The van der Waals surface area contributed by atoms with Crippen LogP contribution in [0.5, 0.6) is 0 Å². The maximum absolute atomic E-state index is 3.35. The maximum Gasteiger partial charge on any atom is 0.131 e. The molecule has 0 aliphatic carbocycles. The van der Waals surface area contributed by atoms with Crippen LogP contribution in [0.15, 0.2) is 48.5 Å². The second kappa shape index (κ2) is 6.11. The summed E-state index contributed by atoms with van der Waals surface area (Å²) in [5.74, 6) is 1.28. The fraction of sp³-hybridized carbons (Fsp3) is 0.300. The number of hydrazine groups is 1. The molecule has 4 nitrogen and oxygen atoms in total. The van der Waals surface area contributed by atoms with Gasteiger partial charge in [0, 0.05) is 55.6 Å². The first kappa shape index (κ1) is 14.9. The first-order valence-electron chi connectivity index (χ1n) is 8.59. The van der Waals surface area contributed by atoms with Crippen molar-refractivity contribution < 1.29 is 0 Å². The highest BCUT2D eigenvalue weighted by atomic mass is 15.6. The molecule has 2 heterocycles. The first-order chi connectivity index (χ1) is 11.7. The van der Waals surface area contributed by atoms with E-state index < -0.39 is 0 Å². The zero-order valence-electron chi connectivity index (χ0n) is 14.4. The molecular formula is C20H24N4. The number of nitrogens with one attached hydrogen (secondary N) is 1. The van der Waals surface area contributed by atoms with Crippen molar-refractivity contribution >= 4 is 17.7 Å². The molecule has 0 saturated carbocycles. The van der Waals surface area contributed by atoms with Crippen LogP contribution in [0.3, 0.4) is 0 Å². The molecule has 124 valence electrons. The topological polar surface area (TPSA) is 21.8 Å². The van der Waals surface area contributed by atoms with Gasteiger partial charge in [0.25, 0.3) is 0 Å². The maximum atomic E-state index is 3.35. The molecule has 0 radical (unpaired) electrons. The highest BCUT2D eigenvalue weighted by molar-refractivity contribution is 5.54. The van der Waals surface area contributed by atoms with Gasteiger partial charge in [0.05, 0.1) is 0 Å². The van der Waals surface area contributed by atoms with Gasteiger partial charge in [-0.3, -0.25) is 5.01 Å². The minimum absolute atomic E-state index is 1.03. The van der Waals surface area contributed by atoms with E-state index in [1.807, 2.05) is 0 Å². The van der Waals surface area contributed by atoms with E-state index in [4.69, 9.17) is 0 Å². The highest BCUT2D eigenvalue weighted by Gasteiger charge is 2.23. The van der Waals surface area contributed by atoms with Crippen molar-refractivity contribution in [1.82, 2.24) is 15.3 Å². The number of rotatable bonds is 2. The predicted molar refractivity (Wildman–Crippen MR) is 99.4 cm³/mol. The number of piperazine rings is 1. The van der Waals surface area contributed by atoms with Gasteiger partial charge < -0.3 is 15.2 Å². The van der Waals surface area contributed by atoms with Gasteiger partial charge in [-0.05, 0) is 18.6 Å². The van der Waals surface area contributed by atoms with Crippen molar-refractivity contribution in [2.75, 3.05) is 38.1 Å². The molecular weight excluding hydrogens is 296 g/mol. The molecule has 2 aromatic carbocycles. The van der Waals surface area contributed by atoms with Crippen LogP contribution < -0.4 is 20.8 Å². The van der Waals surface area contributed by atoms with E-state index in [-0.39, 0.29) is 0 Å². The minimum Gasteiger partial charge on any atom is -0.368 e. The summed E-state index contributed by atoms with van der Waals surface area (Å²) in [6.45, 7) is 6.36. The van der Waals surface area contributed by atoms with E-state index in [0.717, 1.165) is 26.2 Å². The standard InChI is InChI=1S/C20H24N4/c1-16-7-3-6-10-19(16)23-11-13-24(14-12-23)20-18-9-5-4-8-17(18)15-21-22(20)2/h3-10,15,21H,11-14H2,1-2H3. The SMILES string of the molecule is Cc1ccccc1N1CCN(C2=c3ccccc3=CNN2C)CC1. The van der Waals surface area contributed by atoms with Crippen molar-refractivity contribution in [3.05, 3.63) is 64.5 Å². The van der Waals surface area contributed by atoms with Crippen LogP contribution in [0.25, 0.3) is 12.0 Å². The Bertz CT molecular complexity index is 850. The van der Waals surface area contributed by atoms with E-state index in [1.165, 1.54) is 27.5 Å². The molecule has 0 atom stereocenters. The van der Waals surface area contributed by atoms with Crippen molar-refractivity contribution in [1.29, 1.82) is 0 Å². The molecule has 0 unspecified atom stereocenters. The third-order valence-electron chi connectivity index (χ3n) is 4.97. The normalized spacial score (nSPS) is 17.2. The molecule has 4 heteroatoms. The van der Waals surface area contributed by atoms with Gasteiger partial charge in [-0.15, -0.1) is 0 Å². The van der Waals surface area contributed by atoms with Gasteiger partial charge in [-0.2, -0.15) is 0 Å². The Labute approximate surface area is 143 Å². The number of aryl methyl sites for hydroxylation is 1. The van der Waals surface area contributed by atoms with Crippen LogP contribution in [0.1, 0.15) is 5.56 Å². The number of anilines is 1. The van der Waals surface area contributed by atoms with Crippen LogP contribution in [-0.4, -0.2) is 43.1 Å². The van der Waals surface area contributed by atoms with Crippen LogP contribution >= 0.6 is 0 Å². The molecule has 1 saturated heterocycles. The fourth-order valence-electron chi connectivity index (χ4n) is 3.69. The molecule has 2 aliphatic rings. The molecule has 1 N–H and O–H groups in total. The Morgan fingerprint density at radius 2 is 1.50 bits per heavy atom. The summed E-state index contributed by atoms with van der Waals surface area (Å²) in [5, 5.41) is 4.70. The van der Waals surface area contributed by atoms with E-state index in [0.29, 0.717) is 0 Å². The molecule has 0 amide bonds. The van der Waals surface area contributed by atoms with Crippen LogP contribution in [0, 0.1) is 6.92 Å². The number of hydrogen-bond acceptors (Lipinski definition) is 4. The number of fused-ring (bicyclic) bond motifs is 1. The Hall–Kier alpha value is -2.62. The number of nitrogens with zero attached hydrogens (tertiary/aromatic N) is 3. The average molecular weight is 320 g/mol. The molecule has 0 aromatic heterocycles. The summed E-state index contributed by atoms with van der Waals surface area (Å²) < 4.78 is 0. The van der Waals surface area contributed by atoms with Crippen molar-refractivity contribution in [3.63, 3.8) is 0 Å². The molecule has 2 aromatic rings. The summed E-state index contributed by atoms with van der Waals surface area (Å²) in [6.07, 6.45) is 2.07. The first-order valence-corrected chi connectivity index (χ1v) is 8.59. The number of benzene rings is 2. The monoisotopic (exact) mass is 320 g/mol. The van der Waals surface area contributed by atoms with Crippen LogP contribution in [0.4, 0.5) is 5.69 Å². The lowest BCUT2D eigenvalue weighted by molar-refractivity contribution is 0.268. The highest BCUT2D eigenvalue weighted by Crippen LogP contribution is 2.22. The minimum atomic E-state index is 1.03. The summed E-state index contributed by atoms with van der Waals surface area (Å²) in [4.78, 5) is 4.99. The zero-order chi connectivity index (χ0) is 16.5. The Balaban J connectivity index is 1.60. The number of hydrogen-bond donors (Lipinski definition) is 1. The smallest absolute Gasteiger partial charge is 0.131 e.